The lowest BCUT2D eigenvalue weighted by Crippen LogP contribution is -2.27. The van der Waals surface area contributed by atoms with Crippen LogP contribution in [0.1, 0.15) is 56.3 Å². The summed E-state index contributed by atoms with van der Waals surface area (Å²) in [6, 6.07) is 7.68. The first-order valence-corrected chi connectivity index (χ1v) is 7.54. The number of ketones is 1. The van der Waals surface area contributed by atoms with E-state index in [1.165, 1.54) is 19.3 Å². The van der Waals surface area contributed by atoms with Crippen LogP contribution >= 0.6 is 0 Å². The van der Waals surface area contributed by atoms with E-state index in [2.05, 4.69) is 6.92 Å². The lowest BCUT2D eigenvalue weighted by atomic mass is 9.74. The second-order valence-corrected chi connectivity index (χ2v) is 5.35. The monoisotopic (exact) mass is 260 g/mol. The summed E-state index contributed by atoms with van der Waals surface area (Å²) in [6.45, 7) is 4.76. The molecule has 1 aliphatic rings. The van der Waals surface area contributed by atoms with Crippen LogP contribution < -0.4 is 4.74 Å². The van der Waals surface area contributed by atoms with Gasteiger partial charge in [0, 0.05) is 5.92 Å². The van der Waals surface area contributed by atoms with Gasteiger partial charge in [0.2, 0.25) is 0 Å². The predicted molar refractivity (Wildman–Crippen MR) is 77.7 cm³/mol. The van der Waals surface area contributed by atoms with E-state index in [1.807, 2.05) is 31.2 Å². The van der Waals surface area contributed by atoms with Gasteiger partial charge in [-0.25, -0.2) is 0 Å². The maximum atomic E-state index is 12.8. The Kier molecular flexibility index (Phi) is 5.00. The maximum Gasteiger partial charge on any atom is 0.169 e. The lowest BCUT2D eigenvalue weighted by Gasteiger charge is -2.30. The summed E-state index contributed by atoms with van der Waals surface area (Å²) >= 11 is 0. The van der Waals surface area contributed by atoms with Crippen LogP contribution in [-0.4, -0.2) is 12.4 Å². The first-order valence-electron chi connectivity index (χ1n) is 7.54. The highest BCUT2D eigenvalue weighted by Gasteiger charge is 2.31. The molecule has 0 N–H and O–H groups in total. The molecule has 2 heteroatoms. The Balaban J connectivity index is 2.22. The minimum Gasteiger partial charge on any atom is -0.493 e. The van der Waals surface area contributed by atoms with Gasteiger partial charge in [0.15, 0.2) is 5.78 Å². The van der Waals surface area contributed by atoms with Crippen molar-refractivity contribution in [2.75, 3.05) is 6.61 Å². The van der Waals surface area contributed by atoms with Crippen molar-refractivity contribution in [3.8, 4) is 5.75 Å². The Morgan fingerprint density at radius 1 is 1.21 bits per heavy atom. The van der Waals surface area contributed by atoms with Gasteiger partial charge in [0.1, 0.15) is 5.75 Å². The van der Waals surface area contributed by atoms with Crippen molar-refractivity contribution < 1.29 is 9.53 Å². The molecule has 0 saturated heterocycles. The Labute approximate surface area is 116 Å². The van der Waals surface area contributed by atoms with Gasteiger partial charge >= 0.3 is 0 Å². The molecule has 0 aliphatic heterocycles. The Bertz CT molecular complexity index is 425. The molecule has 104 valence electrons. The normalized spacial score (nSPS) is 23.1. The number of carbonyl (C=O) groups is 1. The highest BCUT2D eigenvalue weighted by atomic mass is 16.5. The quantitative estimate of drug-likeness (QED) is 0.729. The summed E-state index contributed by atoms with van der Waals surface area (Å²) < 4.78 is 5.60. The zero-order valence-electron chi connectivity index (χ0n) is 12.0. The fourth-order valence-corrected chi connectivity index (χ4v) is 3.19. The van der Waals surface area contributed by atoms with Crippen LogP contribution in [0.15, 0.2) is 24.3 Å². The highest BCUT2D eigenvalue weighted by Crippen LogP contribution is 2.36. The topological polar surface area (TPSA) is 26.3 Å². The first kappa shape index (κ1) is 14.1. The van der Waals surface area contributed by atoms with Crippen LogP contribution in [0.5, 0.6) is 5.75 Å². The molecule has 0 radical (unpaired) electrons. The fraction of sp³-hybridized carbons (Fsp3) is 0.588. The number of carbonyl (C=O) groups excluding carboxylic acids is 1. The molecule has 2 nitrogen and oxygen atoms in total. The number of hydrogen-bond donors (Lipinski definition) is 0. The second kappa shape index (κ2) is 6.74. The number of hydrogen-bond acceptors (Lipinski definition) is 2. The third-order valence-electron chi connectivity index (χ3n) is 4.22. The molecule has 1 aliphatic carbocycles. The van der Waals surface area contributed by atoms with Crippen molar-refractivity contribution in [1.29, 1.82) is 0 Å². The summed E-state index contributed by atoms with van der Waals surface area (Å²) in [5.41, 5.74) is 0.773. The lowest BCUT2D eigenvalue weighted by molar-refractivity contribution is 0.0816. The Morgan fingerprint density at radius 3 is 2.68 bits per heavy atom. The smallest absolute Gasteiger partial charge is 0.169 e. The third kappa shape index (κ3) is 3.17. The molecule has 2 rings (SSSR count). The van der Waals surface area contributed by atoms with Crippen molar-refractivity contribution in [2.24, 2.45) is 11.8 Å². The molecule has 19 heavy (non-hydrogen) atoms. The zero-order valence-corrected chi connectivity index (χ0v) is 12.0. The van der Waals surface area contributed by atoms with Crippen LogP contribution in [0.4, 0.5) is 0 Å². The van der Waals surface area contributed by atoms with Crippen molar-refractivity contribution in [3.63, 3.8) is 0 Å². The van der Waals surface area contributed by atoms with Crippen molar-refractivity contribution in [1.82, 2.24) is 0 Å². The van der Waals surface area contributed by atoms with E-state index in [9.17, 15) is 4.79 Å². The number of para-hydroxylation sites is 1. The molecule has 1 fully saturated rings. The number of benzene rings is 1. The van der Waals surface area contributed by atoms with Gasteiger partial charge in [-0.05, 0) is 37.8 Å². The summed E-state index contributed by atoms with van der Waals surface area (Å²) in [5.74, 6) is 1.78. The fourth-order valence-electron chi connectivity index (χ4n) is 3.19. The second-order valence-electron chi connectivity index (χ2n) is 5.35. The standard InChI is InChI=1S/C17H24O2/c1-3-13-9-5-6-10-14(13)17(18)15-11-7-8-12-16(15)19-4-2/h7-8,11-14H,3-6,9-10H2,1-2H3. The molecule has 2 atom stereocenters. The van der Waals surface area contributed by atoms with Gasteiger partial charge in [-0.1, -0.05) is 38.3 Å². The average molecular weight is 260 g/mol. The molecule has 1 saturated carbocycles. The molecule has 1 aromatic rings. The van der Waals surface area contributed by atoms with Crippen LogP contribution in [0.25, 0.3) is 0 Å². The number of rotatable bonds is 5. The molecular formula is C17H24O2. The highest BCUT2D eigenvalue weighted by molar-refractivity contribution is 6.00. The van der Waals surface area contributed by atoms with Crippen molar-refractivity contribution in [2.45, 2.75) is 46.0 Å². The Morgan fingerprint density at radius 2 is 1.95 bits per heavy atom. The van der Waals surface area contributed by atoms with E-state index in [4.69, 9.17) is 4.74 Å². The number of Topliss-reactive ketones (excluding diaryl/α,β-unsaturated/α-hetero) is 1. The van der Waals surface area contributed by atoms with E-state index in [-0.39, 0.29) is 11.7 Å². The van der Waals surface area contributed by atoms with Gasteiger partial charge in [-0.2, -0.15) is 0 Å². The van der Waals surface area contributed by atoms with Gasteiger partial charge < -0.3 is 4.74 Å². The van der Waals surface area contributed by atoms with Crippen LogP contribution in [0.3, 0.4) is 0 Å². The van der Waals surface area contributed by atoms with Crippen LogP contribution in [0.2, 0.25) is 0 Å². The van der Waals surface area contributed by atoms with Gasteiger partial charge in [0.25, 0.3) is 0 Å². The van der Waals surface area contributed by atoms with Crippen LogP contribution in [-0.2, 0) is 0 Å². The van der Waals surface area contributed by atoms with E-state index >= 15 is 0 Å². The van der Waals surface area contributed by atoms with E-state index in [0.717, 1.165) is 24.2 Å². The first-order chi connectivity index (χ1) is 9.27. The van der Waals surface area contributed by atoms with Gasteiger partial charge in [-0.15, -0.1) is 0 Å². The van der Waals surface area contributed by atoms with Gasteiger partial charge in [0.05, 0.1) is 12.2 Å². The predicted octanol–water partition coefficient (Wildman–Crippen LogP) is 4.48. The molecule has 0 aromatic heterocycles. The maximum absolute atomic E-state index is 12.8. The van der Waals surface area contributed by atoms with Gasteiger partial charge in [-0.3, -0.25) is 4.79 Å². The average Bonchev–Trinajstić information content (AvgIpc) is 2.47. The summed E-state index contributed by atoms with van der Waals surface area (Å²) in [6.07, 6.45) is 5.80. The van der Waals surface area contributed by atoms with E-state index in [0.29, 0.717) is 12.5 Å². The Hall–Kier alpha value is -1.31. The molecule has 2 unspecified atom stereocenters. The molecular weight excluding hydrogens is 236 g/mol. The minimum atomic E-state index is 0.195. The zero-order chi connectivity index (χ0) is 13.7. The van der Waals surface area contributed by atoms with Crippen molar-refractivity contribution in [3.05, 3.63) is 29.8 Å². The largest absolute Gasteiger partial charge is 0.493 e. The number of ether oxygens (including phenoxy) is 1. The van der Waals surface area contributed by atoms with Crippen LogP contribution in [0, 0.1) is 11.8 Å². The molecule has 1 aromatic carbocycles. The van der Waals surface area contributed by atoms with Crippen molar-refractivity contribution >= 4 is 5.78 Å². The minimum absolute atomic E-state index is 0.195. The molecule has 0 amide bonds. The summed E-state index contributed by atoms with van der Waals surface area (Å²) in [7, 11) is 0. The SMILES string of the molecule is CCOc1ccccc1C(=O)C1CCCCC1CC. The molecule has 0 spiro atoms. The van der Waals surface area contributed by atoms with E-state index < -0.39 is 0 Å². The van der Waals surface area contributed by atoms with E-state index in [1.54, 1.807) is 0 Å². The summed E-state index contributed by atoms with van der Waals surface area (Å²) in [5, 5.41) is 0. The summed E-state index contributed by atoms with van der Waals surface area (Å²) in [4.78, 5) is 12.8. The molecule has 0 bridgehead atoms. The molecule has 0 heterocycles. The third-order valence-corrected chi connectivity index (χ3v) is 4.22.